The Hall–Kier alpha value is -6.42. The first-order chi connectivity index (χ1) is 25.3. The van der Waals surface area contributed by atoms with Gasteiger partial charge in [0.2, 0.25) is 0 Å². The normalized spacial score (nSPS) is 11.9. The zero-order valence-corrected chi connectivity index (χ0v) is 28.4. The number of benzene rings is 9. The molecule has 2 heterocycles. The molecule has 238 valence electrons. The zero-order valence-electron chi connectivity index (χ0n) is 27.6. The van der Waals surface area contributed by atoms with E-state index in [-0.39, 0.29) is 0 Å². The Balaban J connectivity index is 1.32. The molecule has 0 atom stereocenters. The van der Waals surface area contributed by atoms with E-state index in [1.165, 1.54) is 85.7 Å². The van der Waals surface area contributed by atoms with Crippen LogP contribution in [-0.4, -0.2) is 4.57 Å². The Kier molecular flexibility index (Phi) is 6.16. The van der Waals surface area contributed by atoms with Gasteiger partial charge in [0.15, 0.2) is 0 Å². The van der Waals surface area contributed by atoms with Crippen molar-refractivity contribution in [2.24, 2.45) is 0 Å². The van der Waals surface area contributed by atoms with Crippen LogP contribution in [-0.2, 0) is 0 Å². The second-order valence-corrected chi connectivity index (χ2v) is 14.4. The van der Waals surface area contributed by atoms with Gasteiger partial charge in [-0.15, -0.1) is 11.3 Å². The van der Waals surface area contributed by atoms with Crippen LogP contribution < -0.4 is 4.90 Å². The monoisotopic (exact) mass is 666 g/mol. The molecular weight excluding hydrogens is 637 g/mol. The van der Waals surface area contributed by atoms with Crippen LogP contribution >= 0.6 is 11.3 Å². The highest BCUT2D eigenvalue weighted by atomic mass is 32.1. The Morgan fingerprint density at radius 2 is 1.04 bits per heavy atom. The van der Waals surface area contributed by atoms with E-state index in [0.29, 0.717) is 0 Å². The summed E-state index contributed by atoms with van der Waals surface area (Å²) in [6.45, 7) is 0. The summed E-state index contributed by atoms with van der Waals surface area (Å²) < 4.78 is 5.00. The van der Waals surface area contributed by atoms with Crippen LogP contribution in [0.25, 0.3) is 80.0 Å². The van der Waals surface area contributed by atoms with Crippen molar-refractivity contribution in [1.82, 2.24) is 4.57 Å². The first kappa shape index (κ1) is 28.4. The van der Waals surface area contributed by atoms with E-state index >= 15 is 0 Å². The van der Waals surface area contributed by atoms with Crippen LogP contribution in [0.3, 0.4) is 0 Å². The predicted octanol–water partition coefficient (Wildman–Crippen LogP) is 14.1. The van der Waals surface area contributed by atoms with Crippen molar-refractivity contribution in [3.8, 4) is 5.69 Å². The fraction of sp³-hybridized carbons (Fsp3) is 0. The third kappa shape index (κ3) is 4.22. The van der Waals surface area contributed by atoms with Gasteiger partial charge in [-0.05, 0) is 81.5 Å². The SMILES string of the molecule is c1ccc(-n2c3ccccc3c3ccc(N(c4cccc5sc6ccccc6c45)c4cc5ccccc5c5ccc6ccccc6c45)cc32)cc1. The minimum absolute atomic E-state index is 1.12. The molecule has 0 spiro atoms. The molecule has 0 amide bonds. The Morgan fingerprint density at radius 1 is 0.373 bits per heavy atom. The van der Waals surface area contributed by atoms with E-state index in [2.05, 4.69) is 191 Å². The van der Waals surface area contributed by atoms with E-state index in [4.69, 9.17) is 0 Å². The number of thiophene rings is 1. The van der Waals surface area contributed by atoms with Gasteiger partial charge in [0, 0.05) is 47.7 Å². The lowest BCUT2D eigenvalue weighted by Crippen LogP contribution is -2.11. The standard InChI is InChI=1S/C48H30N2S/c1-2-15-33(16-3-1)49-41-21-10-8-19-37(41)38-28-26-34(30-43(38)49)50(42-22-12-24-46-48(42)40-20-9-11-23-45(40)51-46)44-29-32-14-5-6-17-35(32)39-27-25-31-13-4-7-18-36(31)47(39)44/h1-30H. The van der Waals surface area contributed by atoms with Crippen LogP contribution in [0.2, 0.25) is 0 Å². The molecule has 2 aromatic heterocycles. The number of hydrogen-bond donors (Lipinski definition) is 0. The summed E-state index contributed by atoms with van der Waals surface area (Å²) in [6.07, 6.45) is 0. The van der Waals surface area contributed by atoms with Gasteiger partial charge < -0.3 is 9.47 Å². The highest BCUT2D eigenvalue weighted by Gasteiger charge is 2.24. The molecule has 2 nitrogen and oxygen atoms in total. The predicted molar refractivity (Wildman–Crippen MR) is 221 cm³/mol. The van der Waals surface area contributed by atoms with Crippen molar-refractivity contribution in [2.75, 3.05) is 4.90 Å². The molecule has 0 radical (unpaired) electrons. The van der Waals surface area contributed by atoms with Crippen molar-refractivity contribution in [3.63, 3.8) is 0 Å². The molecule has 0 bridgehead atoms. The number of rotatable bonds is 4. The van der Waals surface area contributed by atoms with Gasteiger partial charge in [-0.3, -0.25) is 0 Å². The molecule has 0 unspecified atom stereocenters. The highest BCUT2D eigenvalue weighted by Crippen LogP contribution is 2.49. The van der Waals surface area contributed by atoms with Gasteiger partial charge in [0.25, 0.3) is 0 Å². The van der Waals surface area contributed by atoms with Crippen LogP contribution in [0.1, 0.15) is 0 Å². The smallest absolute Gasteiger partial charge is 0.0561 e. The number of fused-ring (bicyclic) bond motifs is 11. The van der Waals surface area contributed by atoms with E-state index < -0.39 is 0 Å². The maximum atomic E-state index is 2.54. The summed E-state index contributed by atoms with van der Waals surface area (Å²) in [5.74, 6) is 0. The summed E-state index contributed by atoms with van der Waals surface area (Å²) >= 11 is 1.87. The fourth-order valence-electron chi connectivity index (χ4n) is 8.34. The number of aromatic nitrogens is 1. The molecule has 0 N–H and O–H groups in total. The number of hydrogen-bond acceptors (Lipinski definition) is 2. The maximum Gasteiger partial charge on any atom is 0.0561 e. The molecule has 0 fully saturated rings. The fourth-order valence-corrected chi connectivity index (χ4v) is 9.47. The molecule has 0 saturated carbocycles. The Morgan fingerprint density at radius 3 is 1.92 bits per heavy atom. The molecule has 0 aliphatic carbocycles. The summed E-state index contributed by atoms with van der Waals surface area (Å²) in [5.41, 5.74) is 7.01. The highest BCUT2D eigenvalue weighted by molar-refractivity contribution is 7.26. The number of anilines is 3. The zero-order chi connectivity index (χ0) is 33.5. The summed E-state index contributed by atoms with van der Waals surface area (Å²) in [4.78, 5) is 2.54. The van der Waals surface area contributed by atoms with E-state index in [9.17, 15) is 0 Å². The Bertz CT molecular complexity index is 3150. The quantitative estimate of drug-likeness (QED) is 0.170. The lowest BCUT2D eigenvalue weighted by atomic mass is 9.94. The minimum atomic E-state index is 1.12. The number of nitrogens with zero attached hydrogens (tertiary/aromatic N) is 2. The Labute approximate surface area is 298 Å². The van der Waals surface area contributed by atoms with Crippen molar-refractivity contribution >= 4 is 103 Å². The van der Waals surface area contributed by atoms with Crippen LogP contribution in [0, 0.1) is 0 Å². The molecule has 0 aliphatic rings. The molecule has 9 aromatic carbocycles. The molecule has 0 saturated heterocycles. The second kappa shape index (κ2) is 11.0. The van der Waals surface area contributed by atoms with Crippen molar-refractivity contribution in [2.45, 2.75) is 0 Å². The van der Waals surface area contributed by atoms with Crippen LogP contribution in [0.4, 0.5) is 17.1 Å². The lowest BCUT2D eigenvalue weighted by Gasteiger charge is -2.29. The third-order valence-corrected chi connectivity index (χ3v) is 11.7. The molecule has 0 aliphatic heterocycles. The van der Waals surface area contributed by atoms with Crippen molar-refractivity contribution in [1.29, 1.82) is 0 Å². The topological polar surface area (TPSA) is 8.17 Å². The van der Waals surface area contributed by atoms with Gasteiger partial charge in [-0.25, -0.2) is 0 Å². The minimum Gasteiger partial charge on any atom is -0.309 e. The second-order valence-electron chi connectivity index (χ2n) is 13.3. The van der Waals surface area contributed by atoms with Gasteiger partial charge in [0.05, 0.1) is 22.4 Å². The molecule has 3 heteroatoms. The maximum absolute atomic E-state index is 2.54. The van der Waals surface area contributed by atoms with E-state index in [1.807, 2.05) is 11.3 Å². The summed E-state index contributed by atoms with van der Waals surface area (Å²) in [7, 11) is 0. The number of para-hydroxylation sites is 2. The van der Waals surface area contributed by atoms with E-state index in [1.54, 1.807) is 0 Å². The molecule has 51 heavy (non-hydrogen) atoms. The lowest BCUT2D eigenvalue weighted by molar-refractivity contribution is 1.18. The average molecular weight is 667 g/mol. The molecular formula is C48H30N2S. The van der Waals surface area contributed by atoms with Crippen molar-refractivity contribution < 1.29 is 0 Å². The third-order valence-electron chi connectivity index (χ3n) is 10.5. The largest absolute Gasteiger partial charge is 0.309 e. The first-order valence-electron chi connectivity index (χ1n) is 17.4. The molecule has 11 rings (SSSR count). The van der Waals surface area contributed by atoms with Crippen molar-refractivity contribution in [3.05, 3.63) is 182 Å². The van der Waals surface area contributed by atoms with Gasteiger partial charge in [0.1, 0.15) is 0 Å². The summed E-state index contributed by atoms with van der Waals surface area (Å²) in [5, 5.41) is 12.6. The van der Waals surface area contributed by atoms with E-state index in [0.717, 1.165) is 11.4 Å². The first-order valence-corrected chi connectivity index (χ1v) is 18.3. The van der Waals surface area contributed by atoms with Gasteiger partial charge in [-0.2, -0.15) is 0 Å². The van der Waals surface area contributed by atoms with Crippen LogP contribution in [0.5, 0.6) is 0 Å². The summed E-state index contributed by atoms with van der Waals surface area (Å²) in [6, 6.07) is 66.9. The molecule has 11 aromatic rings. The average Bonchev–Trinajstić information content (AvgIpc) is 3.74. The van der Waals surface area contributed by atoms with Gasteiger partial charge in [-0.1, -0.05) is 127 Å². The van der Waals surface area contributed by atoms with Gasteiger partial charge >= 0.3 is 0 Å². The van der Waals surface area contributed by atoms with Crippen LogP contribution in [0.15, 0.2) is 182 Å².